The lowest BCUT2D eigenvalue weighted by molar-refractivity contribution is -0.302. The van der Waals surface area contributed by atoms with Gasteiger partial charge in [-0.2, -0.15) is 0 Å². The van der Waals surface area contributed by atoms with Gasteiger partial charge in [0.25, 0.3) is 0 Å². The Kier molecular flexibility index (Phi) is 8.66. The summed E-state index contributed by atoms with van der Waals surface area (Å²) in [4.78, 5) is 13.1. The summed E-state index contributed by atoms with van der Waals surface area (Å²) in [5.74, 6) is -1.08. The largest absolute Gasteiger partial charge is 0.550 e. The summed E-state index contributed by atoms with van der Waals surface area (Å²) in [6, 6.07) is 30.8. The van der Waals surface area contributed by atoms with E-state index in [1.54, 1.807) is 0 Å². The van der Waals surface area contributed by atoms with Crippen molar-refractivity contribution < 1.29 is 9.90 Å². The number of hydrogen-bond donors (Lipinski definition) is 0. The Morgan fingerprint density at radius 3 is 1.74 bits per heavy atom. The molecule has 0 radical (unpaired) electrons. The zero-order chi connectivity index (χ0) is 19.5. The summed E-state index contributed by atoms with van der Waals surface area (Å²) < 4.78 is 0. The molecule has 0 bridgehead atoms. The summed E-state index contributed by atoms with van der Waals surface area (Å²) in [6.45, 7) is 3.23. The predicted octanol–water partition coefficient (Wildman–Crippen LogP) is 4.88. The lowest BCUT2D eigenvalue weighted by Crippen LogP contribution is -2.16. The normalized spacial score (nSPS) is 10.2. The molecular weight excluding hydrogens is 352 g/mol. The summed E-state index contributed by atoms with van der Waals surface area (Å²) in [5, 5.41) is 8.89. The summed E-state index contributed by atoms with van der Waals surface area (Å²) in [7, 11) is -0.0297. The van der Waals surface area contributed by atoms with Crippen LogP contribution in [0, 0.1) is 0 Å². The molecule has 0 aliphatic heterocycles. The van der Waals surface area contributed by atoms with Gasteiger partial charge >= 0.3 is 0 Å². The average molecular weight is 379 g/mol. The maximum Gasteiger partial charge on any atom is 0.169 e. The third-order valence-corrected chi connectivity index (χ3v) is 6.28. The number of hydrogen-bond acceptors (Lipinski definition) is 2. The summed E-state index contributed by atoms with van der Waals surface area (Å²) in [6.07, 6.45) is 3.65. The van der Waals surface area contributed by atoms with Crippen molar-refractivity contribution in [3.05, 3.63) is 90.5 Å². The minimum Gasteiger partial charge on any atom is -0.550 e. The van der Waals surface area contributed by atoms with Crippen LogP contribution in [0.1, 0.15) is 32.3 Å². The number of rotatable bonds is 6. The number of carbonyl (C=O) groups is 1. The quantitative estimate of drug-likeness (QED) is 0.574. The second kappa shape index (κ2) is 11.2. The molecule has 0 aliphatic rings. The average Bonchev–Trinajstić information content (AvgIpc) is 2.69. The molecule has 0 saturated heterocycles. The van der Waals surface area contributed by atoms with E-state index in [1.165, 1.54) is 33.1 Å². The van der Waals surface area contributed by atoms with Gasteiger partial charge in [-0.15, -0.1) is 0 Å². The van der Waals surface area contributed by atoms with Crippen LogP contribution >= 0.6 is 0 Å². The van der Waals surface area contributed by atoms with Gasteiger partial charge in [-0.05, 0) is 50.1 Å². The molecule has 0 saturated carbocycles. The molecule has 0 atom stereocenters. The Labute approximate surface area is 165 Å². The van der Waals surface area contributed by atoms with Crippen LogP contribution in [0.15, 0.2) is 99.6 Å². The van der Waals surface area contributed by atoms with Crippen LogP contribution in [0.3, 0.4) is 0 Å². The molecule has 0 aromatic heterocycles. The van der Waals surface area contributed by atoms with E-state index in [2.05, 4.69) is 91.9 Å². The highest BCUT2D eigenvalue weighted by Crippen LogP contribution is 2.33. The standard InChI is InChI=1S/C22H23S.C2H4O2/c1-2-3-12-19-13-10-11-18-22(19)23(20-14-6-4-7-15-20)21-16-8-5-9-17-21;1-2(3)4/h4-11,13-18H,2-3,12H2,1H3;1H3,(H,3,4)/q+1;/p-1. The van der Waals surface area contributed by atoms with Crippen LogP contribution in [0.2, 0.25) is 0 Å². The number of carboxylic acids is 1. The first-order chi connectivity index (χ1) is 13.1. The van der Waals surface area contributed by atoms with E-state index >= 15 is 0 Å². The Balaban J connectivity index is 0.000000596. The molecule has 140 valence electrons. The molecule has 0 N–H and O–H groups in total. The van der Waals surface area contributed by atoms with Crippen LogP contribution < -0.4 is 5.11 Å². The fourth-order valence-electron chi connectivity index (χ4n) is 2.78. The fourth-order valence-corrected chi connectivity index (χ4v) is 5.07. The van der Waals surface area contributed by atoms with Crippen molar-refractivity contribution in [1.29, 1.82) is 0 Å². The van der Waals surface area contributed by atoms with Gasteiger partial charge in [0.15, 0.2) is 14.7 Å². The molecule has 0 aliphatic carbocycles. The molecular formula is C24H26O2S. The van der Waals surface area contributed by atoms with E-state index in [9.17, 15) is 0 Å². The van der Waals surface area contributed by atoms with Gasteiger partial charge in [-0.25, -0.2) is 0 Å². The van der Waals surface area contributed by atoms with Crippen molar-refractivity contribution in [2.24, 2.45) is 0 Å². The van der Waals surface area contributed by atoms with Crippen LogP contribution in [-0.4, -0.2) is 5.97 Å². The molecule has 3 aromatic carbocycles. The molecule has 2 nitrogen and oxygen atoms in total. The van der Waals surface area contributed by atoms with Gasteiger partial charge in [-0.1, -0.05) is 67.9 Å². The molecule has 27 heavy (non-hydrogen) atoms. The highest BCUT2D eigenvalue weighted by Gasteiger charge is 2.30. The smallest absolute Gasteiger partial charge is 0.169 e. The molecule has 0 unspecified atom stereocenters. The van der Waals surface area contributed by atoms with Crippen molar-refractivity contribution in [2.75, 3.05) is 0 Å². The highest BCUT2D eigenvalue weighted by molar-refractivity contribution is 7.97. The van der Waals surface area contributed by atoms with Crippen molar-refractivity contribution in [2.45, 2.75) is 47.8 Å². The summed E-state index contributed by atoms with van der Waals surface area (Å²) >= 11 is 0. The molecule has 0 fully saturated rings. The van der Waals surface area contributed by atoms with E-state index in [-0.39, 0.29) is 10.9 Å². The number of carboxylic acid groups (broad SMARTS) is 1. The minimum atomic E-state index is -1.08. The number of aryl methyl sites for hydroxylation is 1. The van der Waals surface area contributed by atoms with Crippen molar-refractivity contribution >= 4 is 16.9 Å². The first-order valence-corrected chi connectivity index (χ1v) is 10.5. The number of unbranched alkanes of at least 4 members (excludes halogenated alkanes) is 1. The third kappa shape index (κ3) is 6.61. The molecule has 3 heteroatoms. The highest BCUT2D eigenvalue weighted by atomic mass is 32.2. The van der Waals surface area contributed by atoms with E-state index in [1.807, 2.05) is 0 Å². The Hall–Kier alpha value is -2.52. The topological polar surface area (TPSA) is 40.1 Å². The Morgan fingerprint density at radius 2 is 1.26 bits per heavy atom. The first-order valence-electron chi connectivity index (χ1n) is 9.23. The van der Waals surface area contributed by atoms with Gasteiger partial charge in [-0.3, -0.25) is 0 Å². The van der Waals surface area contributed by atoms with Crippen molar-refractivity contribution in [3.8, 4) is 0 Å². The molecule has 3 aromatic rings. The maximum absolute atomic E-state index is 8.89. The predicted molar refractivity (Wildman–Crippen MR) is 111 cm³/mol. The van der Waals surface area contributed by atoms with Gasteiger partial charge in [0, 0.05) is 11.5 Å². The van der Waals surface area contributed by atoms with E-state index in [0.717, 1.165) is 13.3 Å². The molecule has 0 spiro atoms. The lowest BCUT2D eigenvalue weighted by Gasteiger charge is -2.11. The van der Waals surface area contributed by atoms with Crippen molar-refractivity contribution in [3.63, 3.8) is 0 Å². The first kappa shape index (κ1) is 20.8. The Morgan fingerprint density at radius 1 is 0.815 bits per heavy atom. The lowest BCUT2D eigenvalue weighted by atomic mass is 10.1. The molecule has 0 heterocycles. The number of aliphatic carboxylic acids is 1. The Bertz CT molecular complexity index is 773. The van der Waals surface area contributed by atoms with Gasteiger partial charge in [0.2, 0.25) is 0 Å². The van der Waals surface area contributed by atoms with E-state index in [4.69, 9.17) is 9.90 Å². The van der Waals surface area contributed by atoms with Crippen molar-refractivity contribution in [1.82, 2.24) is 0 Å². The number of carbonyl (C=O) groups excluding carboxylic acids is 1. The molecule has 0 amide bonds. The minimum absolute atomic E-state index is 0.0297. The monoisotopic (exact) mass is 378 g/mol. The fraction of sp³-hybridized carbons (Fsp3) is 0.208. The van der Waals surface area contributed by atoms with Gasteiger partial charge in [0.05, 0.1) is 10.9 Å². The SMILES string of the molecule is CC(=O)[O-].CCCCc1ccccc1[S+](c1ccccc1)c1ccccc1. The maximum atomic E-state index is 8.89. The molecule has 3 rings (SSSR count). The van der Waals surface area contributed by atoms with Crippen LogP contribution in [0.5, 0.6) is 0 Å². The van der Waals surface area contributed by atoms with Crippen LogP contribution in [-0.2, 0) is 22.1 Å². The zero-order valence-electron chi connectivity index (χ0n) is 15.9. The second-order valence-electron chi connectivity index (χ2n) is 6.14. The number of benzene rings is 3. The second-order valence-corrected chi connectivity index (χ2v) is 8.13. The van der Waals surface area contributed by atoms with E-state index < -0.39 is 5.97 Å². The van der Waals surface area contributed by atoms with Gasteiger partial charge in [0.1, 0.15) is 0 Å². The third-order valence-electron chi connectivity index (χ3n) is 3.95. The van der Waals surface area contributed by atoms with Gasteiger partial charge < -0.3 is 9.90 Å². The van der Waals surface area contributed by atoms with Crippen LogP contribution in [0.25, 0.3) is 0 Å². The van der Waals surface area contributed by atoms with Crippen LogP contribution in [0.4, 0.5) is 0 Å². The van der Waals surface area contributed by atoms with E-state index in [0.29, 0.717) is 0 Å². The zero-order valence-corrected chi connectivity index (χ0v) is 16.7. The summed E-state index contributed by atoms with van der Waals surface area (Å²) in [5.41, 5.74) is 1.49.